The van der Waals surface area contributed by atoms with Gasteiger partial charge in [0.05, 0.1) is 16.5 Å². The van der Waals surface area contributed by atoms with Gasteiger partial charge in [0.15, 0.2) is 0 Å². The van der Waals surface area contributed by atoms with Crippen LogP contribution in [0.4, 0.5) is 5.69 Å². The fraction of sp³-hybridized carbons (Fsp3) is 0.474. The van der Waals surface area contributed by atoms with Crippen LogP contribution in [0.15, 0.2) is 42.5 Å². The second-order valence-electron chi connectivity index (χ2n) is 7.53. The first-order valence-corrected chi connectivity index (χ1v) is 8.22. The number of imide groups is 1. The smallest absolute Gasteiger partial charge is 0.241 e. The maximum Gasteiger partial charge on any atom is 0.241 e. The maximum absolute atomic E-state index is 13.4. The van der Waals surface area contributed by atoms with E-state index in [9.17, 15) is 9.59 Å². The molecule has 0 N–H and O–H groups in total. The molecule has 3 nitrogen and oxygen atoms in total. The number of rotatable bonds is 1. The molecule has 4 aliphatic rings. The van der Waals surface area contributed by atoms with Crippen molar-refractivity contribution < 1.29 is 9.59 Å². The van der Waals surface area contributed by atoms with Gasteiger partial charge in [0.1, 0.15) is 0 Å². The van der Waals surface area contributed by atoms with Gasteiger partial charge < -0.3 is 0 Å². The molecule has 1 heterocycles. The number of carbonyl (C=O) groups excluding carboxylic acids is 2. The van der Waals surface area contributed by atoms with Gasteiger partial charge in [-0.15, -0.1) is 0 Å². The SMILES string of the molecule is C=C1C[C@@]23C(=O)N(c4ccccc4)C(=O)[C@]2(C1)[C@@H]1CC[C@H]3C1. The molecule has 3 saturated carbocycles. The van der Waals surface area contributed by atoms with E-state index in [-0.39, 0.29) is 11.8 Å². The lowest BCUT2D eigenvalue weighted by Crippen LogP contribution is -2.45. The molecule has 0 radical (unpaired) electrons. The van der Waals surface area contributed by atoms with Crippen molar-refractivity contribution in [1.29, 1.82) is 0 Å². The van der Waals surface area contributed by atoms with E-state index in [0.717, 1.165) is 43.4 Å². The highest BCUT2D eigenvalue weighted by molar-refractivity contribution is 6.26. The topological polar surface area (TPSA) is 37.4 Å². The summed E-state index contributed by atoms with van der Waals surface area (Å²) in [6.45, 7) is 4.15. The van der Waals surface area contributed by atoms with Gasteiger partial charge in [-0.1, -0.05) is 30.4 Å². The fourth-order valence-electron chi connectivity index (χ4n) is 6.25. The molecule has 0 spiro atoms. The Balaban J connectivity index is 1.73. The van der Waals surface area contributed by atoms with E-state index in [0.29, 0.717) is 11.8 Å². The maximum atomic E-state index is 13.4. The Kier molecular flexibility index (Phi) is 2.13. The number of allylic oxidation sites excluding steroid dienone is 1. The summed E-state index contributed by atoms with van der Waals surface area (Å²) >= 11 is 0. The second kappa shape index (κ2) is 3.70. The van der Waals surface area contributed by atoms with Crippen molar-refractivity contribution in [3.05, 3.63) is 42.5 Å². The van der Waals surface area contributed by atoms with Crippen LogP contribution in [0.2, 0.25) is 0 Å². The summed E-state index contributed by atoms with van der Waals surface area (Å²) in [5, 5.41) is 0. The molecule has 0 unspecified atom stereocenters. The monoisotopic (exact) mass is 293 g/mol. The van der Waals surface area contributed by atoms with Crippen LogP contribution < -0.4 is 4.90 Å². The number of hydrogen-bond acceptors (Lipinski definition) is 2. The molecule has 3 aliphatic carbocycles. The Morgan fingerprint density at radius 1 is 0.955 bits per heavy atom. The van der Waals surface area contributed by atoms with Crippen LogP contribution >= 0.6 is 0 Å². The number of nitrogens with zero attached hydrogens (tertiary/aromatic N) is 1. The highest BCUT2D eigenvalue weighted by atomic mass is 16.2. The van der Waals surface area contributed by atoms with Gasteiger partial charge >= 0.3 is 0 Å². The predicted octanol–water partition coefficient (Wildman–Crippen LogP) is 3.31. The molecular weight excluding hydrogens is 274 g/mol. The molecule has 3 heteroatoms. The molecule has 1 aromatic carbocycles. The zero-order chi connectivity index (χ0) is 15.1. The fourth-order valence-corrected chi connectivity index (χ4v) is 6.25. The molecule has 4 fully saturated rings. The van der Waals surface area contributed by atoms with Crippen molar-refractivity contribution in [3.63, 3.8) is 0 Å². The van der Waals surface area contributed by atoms with Gasteiger partial charge in [0, 0.05) is 0 Å². The largest absolute Gasteiger partial charge is 0.273 e. The molecule has 1 saturated heterocycles. The minimum atomic E-state index is -0.472. The summed E-state index contributed by atoms with van der Waals surface area (Å²) in [5.74, 6) is 0.855. The molecule has 0 aromatic heterocycles. The third-order valence-electron chi connectivity index (χ3n) is 6.86. The molecule has 1 aromatic rings. The summed E-state index contributed by atoms with van der Waals surface area (Å²) in [6.07, 6.45) is 4.71. The summed E-state index contributed by atoms with van der Waals surface area (Å²) in [5.41, 5.74) is 0.892. The Labute approximate surface area is 130 Å². The standard InChI is InChI=1S/C19H19NO2/c1-12-10-18-13-7-8-14(9-13)19(18,11-12)17(22)20(16(18)21)15-5-3-2-4-6-15/h2-6,13-14H,1,7-11H2/t13-,14+,18+,19-. The van der Waals surface area contributed by atoms with Crippen molar-refractivity contribution >= 4 is 17.5 Å². The van der Waals surface area contributed by atoms with E-state index in [4.69, 9.17) is 0 Å². The van der Waals surface area contributed by atoms with Crippen molar-refractivity contribution in [1.82, 2.24) is 0 Å². The molecule has 22 heavy (non-hydrogen) atoms. The lowest BCUT2D eigenvalue weighted by atomic mass is 9.59. The zero-order valence-electron chi connectivity index (χ0n) is 12.5. The number of para-hydroxylation sites is 1. The minimum absolute atomic E-state index is 0.0505. The molecule has 2 amide bonds. The lowest BCUT2D eigenvalue weighted by molar-refractivity contribution is -0.137. The summed E-state index contributed by atoms with van der Waals surface area (Å²) in [4.78, 5) is 28.3. The molecule has 1 aliphatic heterocycles. The average Bonchev–Trinajstić information content (AvgIpc) is 3.20. The highest BCUT2D eigenvalue weighted by Gasteiger charge is 2.81. The quantitative estimate of drug-likeness (QED) is 0.588. The molecular formula is C19H19NO2. The summed E-state index contributed by atoms with van der Waals surface area (Å²) in [7, 11) is 0. The summed E-state index contributed by atoms with van der Waals surface area (Å²) in [6, 6.07) is 9.44. The van der Waals surface area contributed by atoms with Crippen molar-refractivity contribution in [2.45, 2.75) is 32.1 Å². The van der Waals surface area contributed by atoms with Gasteiger partial charge in [-0.3, -0.25) is 9.59 Å². The van der Waals surface area contributed by atoms with E-state index in [2.05, 4.69) is 6.58 Å². The Bertz CT molecular complexity index is 684. The van der Waals surface area contributed by atoms with Crippen molar-refractivity contribution in [2.75, 3.05) is 4.90 Å². The van der Waals surface area contributed by atoms with Gasteiger partial charge in [0.25, 0.3) is 0 Å². The van der Waals surface area contributed by atoms with Crippen LogP contribution in [0.5, 0.6) is 0 Å². The number of anilines is 1. The number of amides is 2. The number of hydrogen-bond donors (Lipinski definition) is 0. The normalized spacial score (nSPS) is 42.2. The second-order valence-corrected chi connectivity index (χ2v) is 7.53. The molecule has 4 atom stereocenters. The van der Waals surface area contributed by atoms with Crippen molar-refractivity contribution in [2.24, 2.45) is 22.7 Å². The predicted molar refractivity (Wildman–Crippen MR) is 83.0 cm³/mol. The minimum Gasteiger partial charge on any atom is -0.273 e. The van der Waals surface area contributed by atoms with Gasteiger partial charge in [-0.2, -0.15) is 0 Å². The molecule has 112 valence electrons. The van der Waals surface area contributed by atoms with Crippen LogP contribution in [0.3, 0.4) is 0 Å². The first-order chi connectivity index (χ1) is 10.6. The number of benzene rings is 1. The molecule has 2 bridgehead atoms. The Hall–Kier alpha value is -1.90. The third-order valence-corrected chi connectivity index (χ3v) is 6.86. The van der Waals surface area contributed by atoms with E-state index < -0.39 is 10.8 Å². The van der Waals surface area contributed by atoms with Gasteiger partial charge in [-0.05, 0) is 56.1 Å². The van der Waals surface area contributed by atoms with Gasteiger partial charge in [0.2, 0.25) is 11.8 Å². The van der Waals surface area contributed by atoms with E-state index in [1.807, 2.05) is 30.3 Å². The van der Waals surface area contributed by atoms with Crippen LogP contribution in [0, 0.1) is 22.7 Å². The van der Waals surface area contributed by atoms with Crippen LogP contribution in [-0.4, -0.2) is 11.8 Å². The highest BCUT2D eigenvalue weighted by Crippen LogP contribution is 2.77. The van der Waals surface area contributed by atoms with Crippen LogP contribution in [0.1, 0.15) is 32.1 Å². The number of fused-ring (bicyclic) bond motifs is 2. The van der Waals surface area contributed by atoms with Crippen LogP contribution in [-0.2, 0) is 9.59 Å². The number of carbonyl (C=O) groups is 2. The first kappa shape index (κ1) is 12.6. The van der Waals surface area contributed by atoms with E-state index in [1.54, 1.807) is 0 Å². The summed E-state index contributed by atoms with van der Waals surface area (Å²) < 4.78 is 0. The average molecular weight is 293 g/mol. The third kappa shape index (κ3) is 1.08. The molecule has 5 rings (SSSR count). The van der Waals surface area contributed by atoms with E-state index in [1.165, 1.54) is 4.90 Å². The zero-order valence-corrected chi connectivity index (χ0v) is 12.5. The van der Waals surface area contributed by atoms with Gasteiger partial charge in [-0.25, -0.2) is 4.90 Å². The Morgan fingerprint density at radius 2 is 1.50 bits per heavy atom. The van der Waals surface area contributed by atoms with E-state index >= 15 is 0 Å². The van der Waals surface area contributed by atoms with Crippen LogP contribution in [0.25, 0.3) is 0 Å². The lowest BCUT2D eigenvalue weighted by Gasteiger charge is -2.39. The Morgan fingerprint density at radius 3 is 2.05 bits per heavy atom. The first-order valence-electron chi connectivity index (χ1n) is 8.22. The van der Waals surface area contributed by atoms with Crippen molar-refractivity contribution in [3.8, 4) is 0 Å².